The van der Waals surface area contributed by atoms with Gasteiger partial charge in [-0.1, -0.05) is 36.4 Å². The summed E-state index contributed by atoms with van der Waals surface area (Å²) in [5.74, 6) is 0.610. The van der Waals surface area contributed by atoms with Gasteiger partial charge in [0.25, 0.3) is 0 Å². The number of aromatic nitrogens is 2. The number of imidazole rings is 1. The van der Waals surface area contributed by atoms with Crippen LogP contribution >= 0.6 is 24.0 Å². The SMILES string of the molecule is CCN(CC)C(N)=NCc1ccc(Cn2cnc3ccccc32)cc1.I. The number of rotatable bonds is 6. The van der Waals surface area contributed by atoms with Crippen LogP contribution in [0.1, 0.15) is 25.0 Å². The van der Waals surface area contributed by atoms with Crippen LogP contribution in [0.15, 0.2) is 59.9 Å². The Balaban J connectivity index is 0.00000243. The average molecular weight is 463 g/mol. The molecule has 0 aliphatic carbocycles. The Morgan fingerprint density at radius 1 is 1.04 bits per heavy atom. The van der Waals surface area contributed by atoms with Crippen LogP contribution in [-0.4, -0.2) is 33.5 Å². The van der Waals surface area contributed by atoms with Gasteiger partial charge in [0.1, 0.15) is 0 Å². The van der Waals surface area contributed by atoms with Gasteiger partial charge in [-0.2, -0.15) is 0 Å². The molecule has 3 aromatic rings. The predicted octanol–water partition coefficient (Wildman–Crippen LogP) is 3.86. The Morgan fingerprint density at radius 3 is 2.38 bits per heavy atom. The molecule has 0 amide bonds. The first-order valence-electron chi connectivity index (χ1n) is 8.73. The zero-order chi connectivity index (χ0) is 17.6. The van der Waals surface area contributed by atoms with Crippen LogP contribution in [0, 0.1) is 0 Å². The fraction of sp³-hybridized carbons (Fsp3) is 0.300. The lowest BCUT2D eigenvalue weighted by molar-refractivity contribution is 0.458. The van der Waals surface area contributed by atoms with Crippen molar-refractivity contribution >= 4 is 41.0 Å². The molecule has 0 aliphatic rings. The Bertz CT molecular complexity index is 850. The van der Waals surface area contributed by atoms with Crippen molar-refractivity contribution in [2.45, 2.75) is 26.9 Å². The standard InChI is InChI=1S/C20H25N5.HI/c1-3-24(4-2)20(21)22-13-16-9-11-17(12-10-16)14-25-15-23-18-7-5-6-8-19(18)25;/h5-12,15H,3-4,13-14H2,1-2H3,(H2,21,22);1H. The van der Waals surface area contributed by atoms with E-state index in [4.69, 9.17) is 5.73 Å². The topological polar surface area (TPSA) is 59.4 Å². The lowest BCUT2D eigenvalue weighted by Crippen LogP contribution is -2.37. The molecular weight excluding hydrogens is 437 g/mol. The molecular formula is C20H26IN5. The van der Waals surface area contributed by atoms with Crippen molar-refractivity contribution in [1.82, 2.24) is 14.5 Å². The minimum atomic E-state index is 0. The number of halogens is 1. The third-order valence-corrected chi connectivity index (χ3v) is 4.41. The van der Waals surface area contributed by atoms with E-state index in [-0.39, 0.29) is 24.0 Å². The first-order valence-corrected chi connectivity index (χ1v) is 8.73. The lowest BCUT2D eigenvalue weighted by Gasteiger charge is -2.19. The van der Waals surface area contributed by atoms with Crippen LogP contribution in [0.4, 0.5) is 0 Å². The molecule has 6 heteroatoms. The van der Waals surface area contributed by atoms with E-state index in [1.54, 1.807) is 0 Å². The molecule has 0 aliphatic heterocycles. The Labute approximate surface area is 172 Å². The summed E-state index contributed by atoms with van der Waals surface area (Å²) >= 11 is 0. The van der Waals surface area contributed by atoms with Crippen LogP contribution in [0.2, 0.25) is 0 Å². The molecule has 2 N–H and O–H groups in total. The van der Waals surface area contributed by atoms with Crippen molar-refractivity contribution in [2.24, 2.45) is 10.7 Å². The van der Waals surface area contributed by atoms with E-state index >= 15 is 0 Å². The number of hydrogen-bond donors (Lipinski definition) is 1. The van der Waals surface area contributed by atoms with Crippen LogP contribution in [0.25, 0.3) is 11.0 Å². The number of nitrogens with zero attached hydrogens (tertiary/aromatic N) is 4. The number of nitrogens with two attached hydrogens (primary N) is 1. The van der Waals surface area contributed by atoms with E-state index in [2.05, 4.69) is 63.6 Å². The molecule has 0 saturated heterocycles. The van der Waals surface area contributed by atoms with Gasteiger partial charge >= 0.3 is 0 Å². The van der Waals surface area contributed by atoms with Crippen molar-refractivity contribution in [1.29, 1.82) is 0 Å². The van der Waals surface area contributed by atoms with E-state index in [1.165, 1.54) is 5.56 Å². The number of benzene rings is 2. The van der Waals surface area contributed by atoms with Crippen LogP contribution in [-0.2, 0) is 13.1 Å². The molecule has 5 nitrogen and oxygen atoms in total. The van der Waals surface area contributed by atoms with Gasteiger partial charge in [0, 0.05) is 19.6 Å². The van der Waals surface area contributed by atoms with Gasteiger partial charge < -0.3 is 15.2 Å². The van der Waals surface area contributed by atoms with Gasteiger partial charge in [0.15, 0.2) is 5.96 Å². The summed E-state index contributed by atoms with van der Waals surface area (Å²) in [6, 6.07) is 16.7. The molecule has 1 heterocycles. The second-order valence-electron chi connectivity index (χ2n) is 6.02. The van der Waals surface area contributed by atoms with E-state index in [1.807, 2.05) is 24.5 Å². The number of fused-ring (bicyclic) bond motifs is 1. The van der Waals surface area contributed by atoms with Crippen molar-refractivity contribution in [3.05, 3.63) is 66.0 Å². The Kier molecular flexibility index (Phi) is 7.44. The highest BCUT2D eigenvalue weighted by atomic mass is 127. The van der Waals surface area contributed by atoms with Crippen LogP contribution in [0.5, 0.6) is 0 Å². The predicted molar refractivity (Wildman–Crippen MR) is 119 cm³/mol. The number of hydrogen-bond acceptors (Lipinski definition) is 2. The van der Waals surface area contributed by atoms with Crippen molar-refractivity contribution in [3.8, 4) is 0 Å². The van der Waals surface area contributed by atoms with Crippen molar-refractivity contribution in [3.63, 3.8) is 0 Å². The molecule has 138 valence electrons. The van der Waals surface area contributed by atoms with Gasteiger partial charge in [-0.15, -0.1) is 24.0 Å². The quantitative estimate of drug-likeness (QED) is 0.343. The van der Waals surface area contributed by atoms with Crippen LogP contribution < -0.4 is 5.73 Å². The zero-order valence-corrected chi connectivity index (χ0v) is 17.6. The molecule has 0 fully saturated rings. The van der Waals surface area contributed by atoms with Gasteiger partial charge in [-0.05, 0) is 37.1 Å². The summed E-state index contributed by atoms with van der Waals surface area (Å²) in [5, 5.41) is 0. The van der Waals surface area contributed by atoms with Gasteiger partial charge in [-0.25, -0.2) is 9.98 Å². The molecule has 0 radical (unpaired) electrons. The summed E-state index contributed by atoms with van der Waals surface area (Å²) in [5.41, 5.74) is 10.6. The van der Waals surface area contributed by atoms with E-state index < -0.39 is 0 Å². The monoisotopic (exact) mass is 463 g/mol. The zero-order valence-electron chi connectivity index (χ0n) is 15.3. The maximum atomic E-state index is 6.03. The normalized spacial score (nSPS) is 11.4. The van der Waals surface area contributed by atoms with Gasteiger partial charge in [0.2, 0.25) is 0 Å². The molecule has 3 rings (SSSR count). The molecule has 0 saturated carbocycles. The van der Waals surface area contributed by atoms with E-state index in [0.29, 0.717) is 12.5 Å². The van der Waals surface area contributed by atoms with E-state index in [0.717, 1.165) is 36.2 Å². The molecule has 0 unspecified atom stereocenters. The lowest BCUT2D eigenvalue weighted by atomic mass is 10.1. The fourth-order valence-electron chi connectivity index (χ4n) is 2.90. The molecule has 0 bridgehead atoms. The highest BCUT2D eigenvalue weighted by molar-refractivity contribution is 14.0. The van der Waals surface area contributed by atoms with Crippen molar-refractivity contribution < 1.29 is 0 Å². The highest BCUT2D eigenvalue weighted by Crippen LogP contribution is 2.14. The highest BCUT2D eigenvalue weighted by Gasteiger charge is 2.04. The van der Waals surface area contributed by atoms with Gasteiger partial charge in [-0.3, -0.25) is 0 Å². The Hall–Kier alpha value is -2.09. The minimum absolute atomic E-state index is 0. The van der Waals surface area contributed by atoms with E-state index in [9.17, 15) is 0 Å². The third kappa shape index (κ3) is 4.75. The first kappa shape index (κ1) is 20.2. The third-order valence-electron chi connectivity index (χ3n) is 4.41. The van der Waals surface area contributed by atoms with Crippen molar-refractivity contribution in [2.75, 3.05) is 13.1 Å². The maximum Gasteiger partial charge on any atom is 0.191 e. The van der Waals surface area contributed by atoms with Crippen LogP contribution in [0.3, 0.4) is 0 Å². The summed E-state index contributed by atoms with van der Waals surface area (Å²) in [4.78, 5) is 11.0. The molecule has 0 spiro atoms. The minimum Gasteiger partial charge on any atom is -0.370 e. The fourth-order valence-corrected chi connectivity index (χ4v) is 2.90. The summed E-state index contributed by atoms with van der Waals surface area (Å²) in [6.07, 6.45) is 1.90. The number of guanidine groups is 1. The molecule has 26 heavy (non-hydrogen) atoms. The molecule has 0 atom stereocenters. The molecule has 1 aromatic heterocycles. The van der Waals surface area contributed by atoms with Gasteiger partial charge in [0.05, 0.1) is 23.9 Å². The number of para-hydroxylation sites is 2. The largest absolute Gasteiger partial charge is 0.370 e. The molecule has 2 aromatic carbocycles. The number of aliphatic imine (C=N–C) groups is 1. The maximum absolute atomic E-state index is 6.03. The summed E-state index contributed by atoms with van der Waals surface area (Å²) < 4.78 is 2.17. The Morgan fingerprint density at radius 2 is 1.69 bits per heavy atom. The first-order chi connectivity index (χ1) is 12.2. The summed E-state index contributed by atoms with van der Waals surface area (Å²) in [6.45, 7) is 7.34. The summed E-state index contributed by atoms with van der Waals surface area (Å²) in [7, 11) is 0. The average Bonchev–Trinajstić information content (AvgIpc) is 3.05. The smallest absolute Gasteiger partial charge is 0.191 e. The second-order valence-corrected chi connectivity index (χ2v) is 6.02. The second kappa shape index (κ2) is 9.56.